The third-order valence-electron chi connectivity index (χ3n) is 0.789. The number of allylic oxidation sites excluding steroid dienone is 4. The highest BCUT2D eigenvalue weighted by molar-refractivity contribution is 9.11. The maximum absolute atomic E-state index is 3.35. The molecule has 0 bridgehead atoms. The smallest absolute Gasteiger partial charge is 0.0129 e. The first kappa shape index (κ1) is 7.96. The van der Waals surface area contributed by atoms with Gasteiger partial charge in [0.05, 0.1) is 0 Å². The Hall–Kier alpha value is -0.0400. The van der Waals surface area contributed by atoms with Gasteiger partial charge in [0, 0.05) is 4.48 Å². The maximum atomic E-state index is 3.35. The Balaban J connectivity index is 3.53. The second-order valence-electron chi connectivity index (χ2n) is 1.48. The minimum Gasteiger partial charge on any atom is -0.0837 e. The van der Waals surface area contributed by atoms with Crippen LogP contribution in [0.4, 0.5) is 0 Å². The first-order valence-corrected chi connectivity index (χ1v) is 3.59. The van der Waals surface area contributed by atoms with Crippen molar-refractivity contribution in [1.29, 1.82) is 0 Å². The van der Waals surface area contributed by atoms with E-state index in [2.05, 4.69) is 35.0 Å². The third-order valence-corrected chi connectivity index (χ3v) is 1.51. The van der Waals surface area contributed by atoms with Gasteiger partial charge < -0.3 is 0 Å². The van der Waals surface area contributed by atoms with Gasteiger partial charge in [0.1, 0.15) is 0 Å². The topological polar surface area (TPSA) is 0 Å². The maximum Gasteiger partial charge on any atom is 0.0129 e. The molecule has 0 N–H and O–H groups in total. The van der Waals surface area contributed by atoms with E-state index in [4.69, 9.17) is 0 Å². The standard InChI is InChI=1S/C7H11Br/c1-3-5-6-7(8)4-2/h4-6H,3H2,1-2H3/b6-5-,7-4+. The molecule has 0 amide bonds. The molecule has 0 radical (unpaired) electrons. The molecule has 1 heteroatoms. The van der Waals surface area contributed by atoms with Crippen LogP contribution < -0.4 is 0 Å². The molecule has 0 nitrogen and oxygen atoms in total. The number of rotatable bonds is 2. The summed E-state index contributed by atoms with van der Waals surface area (Å²) in [4.78, 5) is 0. The minimum atomic E-state index is 1.10. The van der Waals surface area contributed by atoms with Crippen LogP contribution in [0.15, 0.2) is 22.7 Å². The zero-order valence-corrected chi connectivity index (χ0v) is 6.90. The van der Waals surface area contributed by atoms with Crippen molar-refractivity contribution in [3.05, 3.63) is 22.7 Å². The molecule has 0 aromatic heterocycles. The van der Waals surface area contributed by atoms with Crippen molar-refractivity contribution in [2.24, 2.45) is 0 Å². The van der Waals surface area contributed by atoms with Crippen molar-refractivity contribution in [1.82, 2.24) is 0 Å². The zero-order chi connectivity index (χ0) is 6.41. The van der Waals surface area contributed by atoms with Crippen LogP contribution in [0.1, 0.15) is 20.3 Å². The fraction of sp³-hybridized carbons (Fsp3) is 0.429. The second kappa shape index (κ2) is 5.10. The van der Waals surface area contributed by atoms with Gasteiger partial charge in [-0.15, -0.1) is 0 Å². The molecule has 0 saturated heterocycles. The van der Waals surface area contributed by atoms with Gasteiger partial charge in [-0.25, -0.2) is 0 Å². The van der Waals surface area contributed by atoms with Gasteiger partial charge in [-0.3, -0.25) is 0 Å². The quantitative estimate of drug-likeness (QED) is 0.565. The predicted octanol–water partition coefficient (Wildman–Crippen LogP) is 3.25. The van der Waals surface area contributed by atoms with Crippen LogP contribution in [0, 0.1) is 0 Å². The molecular weight excluding hydrogens is 164 g/mol. The molecule has 0 spiro atoms. The average molecular weight is 175 g/mol. The van der Waals surface area contributed by atoms with Gasteiger partial charge in [0.15, 0.2) is 0 Å². The third kappa shape index (κ3) is 4.13. The molecule has 0 rings (SSSR count). The normalized spacial score (nSPS) is 13.1. The lowest BCUT2D eigenvalue weighted by Crippen LogP contribution is -1.57. The van der Waals surface area contributed by atoms with Crippen LogP contribution in [0.25, 0.3) is 0 Å². The fourth-order valence-electron chi connectivity index (χ4n) is 0.327. The first-order valence-electron chi connectivity index (χ1n) is 2.79. The van der Waals surface area contributed by atoms with Crippen LogP contribution in [0.3, 0.4) is 0 Å². The molecule has 46 valence electrons. The van der Waals surface area contributed by atoms with E-state index in [1.54, 1.807) is 0 Å². The van der Waals surface area contributed by atoms with Crippen LogP contribution in [-0.2, 0) is 0 Å². The largest absolute Gasteiger partial charge is 0.0837 e. The SMILES string of the molecule is C/C=C(Br)\C=C/CC. The Labute approximate surface area is 59.4 Å². The van der Waals surface area contributed by atoms with E-state index in [0.29, 0.717) is 0 Å². The van der Waals surface area contributed by atoms with Crippen LogP contribution in [0.2, 0.25) is 0 Å². The van der Waals surface area contributed by atoms with Crippen molar-refractivity contribution < 1.29 is 0 Å². The molecule has 0 unspecified atom stereocenters. The lowest BCUT2D eigenvalue weighted by Gasteiger charge is -1.81. The van der Waals surface area contributed by atoms with Crippen molar-refractivity contribution in [3.8, 4) is 0 Å². The highest BCUT2D eigenvalue weighted by Crippen LogP contribution is 2.05. The summed E-state index contributed by atoms with van der Waals surface area (Å²) in [6.45, 7) is 4.12. The molecule has 0 saturated carbocycles. The monoisotopic (exact) mass is 174 g/mol. The molecule has 0 aromatic rings. The molecule has 8 heavy (non-hydrogen) atoms. The fourth-order valence-corrected chi connectivity index (χ4v) is 0.514. The molecule has 0 aliphatic rings. The number of hydrogen-bond donors (Lipinski definition) is 0. The summed E-state index contributed by atoms with van der Waals surface area (Å²) in [6.07, 6.45) is 7.29. The van der Waals surface area contributed by atoms with Crippen molar-refractivity contribution in [3.63, 3.8) is 0 Å². The summed E-state index contributed by atoms with van der Waals surface area (Å²) in [6, 6.07) is 0. The molecule has 0 atom stereocenters. The number of halogens is 1. The summed E-state index contributed by atoms with van der Waals surface area (Å²) in [5, 5.41) is 0. The van der Waals surface area contributed by atoms with E-state index in [0.717, 1.165) is 10.9 Å². The van der Waals surface area contributed by atoms with Gasteiger partial charge in [0.2, 0.25) is 0 Å². The Morgan fingerprint density at radius 3 is 2.62 bits per heavy atom. The predicted molar refractivity (Wildman–Crippen MR) is 42.1 cm³/mol. The molecule has 0 heterocycles. The Morgan fingerprint density at radius 2 is 2.25 bits per heavy atom. The summed E-state index contributed by atoms with van der Waals surface area (Å²) >= 11 is 3.35. The van der Waals surface area contributed by atoms with Gasteiger partial charge in [-0.2, -0.15) is 0 Å². The summed E-state index contributed by atoms with van der Waals surface area (Å²) in [5.74, 6) is 0. The molecule has 0 fully saturated rings. The lowest BCUT2D eigenvalue weighted by molar-refractivity contribution is 1.22. The Morgan fingerprint density at radius 1 is 1.62 bits per heavy atom. The second-order valence-corrected chi connectivity index (χ2v) is 2.40. The average Bonchev–Trinajstić information content (AvgIpc) is 1.83. The van der Waals surface area contributed by atoms with E-state index in [1.807, 2.05) is 13.0 Å². The van der Waals surface area contributed by atoms with Gasteiger partial charge in [-0.1, -0.05) is 41.1 Å². The van der Waals surface area contributed by atoms with Crippen LogP contribution in [0.5, 0.6) is 0 Å². The molecule has 0 aliphatic carbocycles. The van der Waals surface area contributed by atoms with Crippen molar-refractivity contribution in [2.75, 3.05) is 0 Å². The summed E-state index contributed by atoms with van der Waals surface area (Å²) in [7, 11) is 0. The molecule has 0 aliphatic heterocycles. The van der Waals surface area contributed by atoms with Gasteiger partial charge in [-0.05, 0) is 13.3 Å². The van der Waals surface area contributed by atoms with E-state index < -0.39 is 0 Å². The Bertz CT molecular complexity index is 101. The van der Waals surface area contributed by atoms with E-state index in [-0.39, 0.29) is 0 Å². The minimum absolute atomic E-state index is 1.10. The van der Waals surface area contributed by atoms with Crippen molar-refractivity contribution >= 4 is 15.9 Å². The Kier molecular flexibility index (Phi) is 5.08. The number of hydrogen-bond acceptors (Lipinski definition) is 0. The first-order chi connectivity index (χ1) is 3.81. The summed E-state index contributed by atoms with van der Waals surface area (Å²) < 4.78 is 1.15. The highest BCUT2D eigenvalue weighted by atomic mass is 79.9. The van der Waals surface area contributed by atoms with Crippen molar-refractivity contribution in [2.45, 2.75) is 20.3 Å². The van der Waals surface area contributed by atoms with E-state index >= 15 is 0 Å². The summed E-state index contributed by atoms with van der Waals surface area (Å²) in [5.41, 5.74) is 0. The van der Waals surface area contributed by atoms with Gasteiger partial charge >= 0.3 is 0 Å². The van der Waals surface area contributed by atoms with Crippen LogP contribution in [-0.4, -0.2) is 0 Å². The van der Waals surface area contributed by atoms with Gasteiger partial charge in [0.25, 0.3) is 0 Å². The van der Waals surface area contributed by atoms with E-state index in [9.17, 15) is 0 Å². The van der Waals surface area contributed by atoms with E-state index in [1.165, 1.54) is 0 Å². The molecule has 0 aromatic carbocycles. The zero-order valence-electron chi connectivity index (χ0n) is 5.32. The highest BCUT2D eigenvalue weighted by Gasteiger charge is 1.74. The van der Waals surface area contributed by atoms with Crippen LogP contribution >= 0.6 is 15.9 Å². The molecular formula is C7H11Br. The lowest BCUT2D eigenvalue weighted by atomic mass is 10.4.